The summed E-state index contributed by atoms with van der Waals surface area (Å²) in [4.78, 5) is 51.1. The van der Waals surface area contributed by atoms with Gasteiger partial charge in [-0.1, -0.05) is 39.3 Å². The van der Waals surface area contributed by atoms with Crippen molar-refractivity contribution in [3.8, 4) is 0 Å². The van der Waals surface area contributed by atoms with Gasteiger partial charge in [0.25, 0.3) is 0 Å². The van der Waals surface area contributed by atoms with Crippen LogP contribution in [0.4, 0.5) is 4.79 Å². The molecule has 5 aliphatic rings. The summed E-state index contributed by atoms with van der Waals surface area (Å²) < 4.78 is 16.7. The second-order valence-electron chi connectivity index (χ2n) is 12.9. The summed E-state index contributed by atoms with van der Waals surface area (Å²) in [5.41, 5.74) is -1.81. The largest absolute Gasteiger partial charge is 0.509 e. The number of fused-ring (bicyclic) bond motifs is 5. The van der Waals surface area contributed by atoms with Crippen LogP contribution in [0.2, 0.25) is 0 Å². The Balaban J connectivity index is 1.46. The normalized spacial score (nSPS) is 39.5. The molecule has 1 unspecified atom stereocenters. The molecule has 8 heteroatoms. The van der Waals surface area contributed by atoms with Gasteiger partial charge in [0.2, 0.25) is 5.78 Å². The first kappa shape index (κ1) is 27.1. The van der Waals surface area contributed by atoms with Gasteiger partial charge in [-0.3, -0.25) is 14.4 Å². The van der Waals surface area contributed by atoms with Crippen LogP contribution in [0.1, 0.15) is 72.6 Å². The highest BCUT2D eigenvalue weighted by atomic mass is 16.7. The molecular formula is C30H40O8. The molecule has 0 aromatic heterocycles. The van der Waals surface area contributed by atoms with Gasteiger partial charge in [-0.25, -0.2) is 4.79 Å². The first-order chi connectivity index (χ1) is 17.9. The quantitative estimate of drug-likeness (QED) is 0.485. The third-order valence-electron chi connectivity index (χ3n) is 10.1. The summed E-state index contributed by atoms with van der Waals surface area (Å²) >= 11 is 0. The summed E-state index contributed by atoms with van der Waals surface area (Å²) in [7, 11) is 0. The molecule has 0 spiro atoms. The summed E-state index contributed by atoms with van der Waals surface area (Å²) in [6, 6.07) is 0. The Morgan fingerprint density at radius 2 is 1.84 bits per heavy atom. The molecular weight excluding hydrogens is 488 g/mol. The average molecular weight is 529 g/mol. The van der Waals surface area contributed by atoms with Crippen molar-refractivity contribution in [2.75, 3.05) is 13.2 Å². The molecule has 208 valence electrons. The number of carbonyl (C=O) groups is 4. The van der Waals surface area contributed by atoms with E-state index in [0.717, 1.165) is 31.3 Å². The van der Waals surface area contributed by atoms with E-state index in [1.807, 2.05) is 26.8 Å². The molecule has 0 aliphatic heterocycles. The predicted octanol–water partition coefficient (Wildman–Crippen LogP) is 4.34. The number of esters is 1. The van der Waals surface area contributed by atoms with Crippen LogP contribution in [0, 0.1) is 40.4 Å². The van der Waals surface area contributed by atoms with E-state index in [4.69, 9.17) is 14.2 Å². The third kappa shape index (κ3) is 4.33. The van der Waals surface area contributed by atoms with Gasteiger partial charge in [-0.15, -0.1) is 0 Å². The molecule has 0 aromatic rings. The SMILES string of the molecule is CC(C)COC(=O)O[C@]1(C(=O)COC(=O)C2CC2)CC[C@H]2[C@@H]3CCC4=CC(=O)C=C[C@]4(C)[C@H]3C(O)C[C@@]21C. The molecule has 5 aliphatic carbocycles. The molecule has 0 heterocycles. The smallest absolute Gasteiger partial charge is 0.457 e. The van der Waals surface area contributed by atoms with Crippen molar-refractivity contribution >= 4 is 23.7 Å². The number of aliphatic hydroxyl groups is 1. The number of carbonyl (C=O) groups excluding carboxylic acids is 4. The second kappa shape index (κ2) is 9.61. The minimum Gasteiger partial charge on any atom is -0.457 e. The predicted molar refractivity (Wildman–Crippen MR) is 137 cm³/mol. The van der Waals surface area contributed by atoms with Gasteiger partial charge in [0.05, 0.1) is 18.6 Å². The Morgan fingerprint density at radius 3 is 2.53 bits per heavy atom. The topological polar surface area (TPSA) is 116 Å². The van der Waals surface area contributed by atoms with Gasteiger partial charge < -0.3 is 19.3 Å². The fourth-order valence-corrected chi connectivity index (χ4v) is 8.09. The molecule has 5 rings (SSSR count). The van der Waals surface area contributed by atoms with Gasteiger partial charge in [0.15, 0.2) is 18.0 Å². The van der Waals surface area contributed by atoms with Crippen LogP contribution in [0.5, 0.6) is 0 Å². The van der Waals surface area contributed by atoms with Crippen molar-refractivity contribution in [3.05, 3.63) is 23.8 Å². The number of hydrogen-bond acceptors (Lipinski definition) is 8. The Labute approximate surface area is 224 Å². The molecule has 7 atom stereocenters. The van der Waals surface area contributed by atoms with Crippen LogP contribution in [0.25, 0.3) is 0 Å². The second-order valence-corrected chi connectivity index (χ2v) is 12.9. The lowest BCUT2D eigenvalue weighted by atomic mass is 9.46. The zero-order chi connectivity index (χ0) is 27.5. The van der Waals surface area contributed by atoms with E-state index >= 15 is 0 Å². The Bertz CT molecular complexity index is 1090. The third-order valence-corrected chi connectivity index (χ3v) is 10.1. The number of aliphatic hydroxyl groups excluding tert-OH is 1. The van der Waals surface area contributed by atoms with Crippen LogP contribution in [-0.4, -0.2) is 53.7 Å². The Hall–Kier alpha value is -2.48. The van der Waals surface area contributed by atoms with E-state index in [1.165, 1.54) is 0 Å². The van der Waals surface area contributed by atoms with Crippen LogP contribution in [-0.2, 0) is 28.6 Å². The van der Waals surface area contributed by atoms with Crippen LogP contribution in [0.15, 0.2) is 23.8 Å². The molecule has 4 saturated carbocycles. The molecule has 0 amide bonds. The molecule has 8 nitrogen and oxygen atoms in total. The van der Waals surface area contributed by atoms with Crippen LogP contribution >= 0.6 is 0 Å². The van der Waals surface area contributed by atoms with Crippen molar-refractivity contribution < 1.29 is 38.5 Å². The average Bonchev–Trinajstić information content (AvgIpc) is 3.66. The highest BCUT2D eigenvalue weighted by Crippen LogP contribution is 2.68. The molecule has 0 aromatic carbocycles. The number of rotatable bonds is 7. The molecule has 38 heavy (non-hydrogen) atoms. The van der Waals surface area contributed by atoms with E-state index in [0.29, 0.717) is 6.42 Å². The highest BCUT2D eigenvalue weighted by molar-refractivity contribution is 6.01. The van der Waals surface area contributed by atoms with Gasteiger partial charge in [-0.05, 0) is 74.9 Å². The number of hydrogen-bond donors (Lipinski definition) is 1. The molecule has 4 fully saturated rings. The molecule has 1 N–H and O–H groups in total. The van der Waals surface area contributed by atoms with Gasteiger partial charge in [0.1, 0.15) is 0 Å². The zero-order valence-corrected chi connectivity index (χ0v) is 22.9. The molecule has 0 saturated heterocycles. The zero-order valence-electron chi connectivity index (χ0n) is 22.9. The number of ketones is 2. The Morgan fingerprint density at radius 1 is 1.11 bits per heavy atom. The number of Topliss-reactive ketones (excluding diaryl/α,β-unsaturated/α-hetero) is 1. The van der Waals surface area contributed by atoms with E-state index in [-0.39, 0.29) is 54.8 Å². The number of allylic oxidation sites excluding steroid dienone is 4. The summed E-state index contributed by atoms with van der Waals surface area (Å²) in [5.74, 6) is -0.961. The monoisotopic (exact) mass is 528 g/mol. The van der Waals surface area contributed by atoms with Crippen molar-refractivity contribution in [1.29, 1.82) is 0 Å². The van der Waals surface area contributed by atoms with Crippen LogP contribution < -0.4 is 0 Å². The lowest BCUT2D eigenvalue weighted by Crippen LogP contribution is -2.63. The molecule has 0 radical (unpaired) electrons. The minimum atomic E-state index is -1.56. The minimum absolute atomic E-state index is 0.00119. The van der Waals surface area contributed by atoms with Crippen molar-refractivity contribution in [2.24, 2.45) is 40.4 Å². The maximum Gasteiger partial charge on any atom is 0.509 e. The highest BCUT2D eigenvalue weighted by Gasteiger charge is 2.70. The van der Waals surface area contributed by atoms with E-state index in [2.05, 4.69) is 6.92 Å². The van der Waals surface area contributed by atoms with Crippen molar-refractivity contribution in [1.82, 2.24) is 0 Å². The maximum absolute atomic E-state index is 13.9. The number of ether oxygens (including phenoxy) is 3. The van der Waals surface area contributed by atoms with E-state index in [9.17, 15) is 24.3 Å². The summed E-state index contributed by atoms with van der Waals surface area (Å²) in [5, 5.41) is 11.7. The lowest BCUT2D eigenvalue weighted by molar-refractivity contribution is -0.186. The van der Waals surface area contributed by atoms with Crippen LogP contribution in [0.3, 0.4) is 0 Å². The Kier molecular flexibility index (Phi) is 6.86. The lowest BCUT2D eigenvalue weighted by Gasteiger charge is -2.59. The van der Waals surface area contributed by atoms with Gasteiger partial charge in [0, 0.05) is 16.7 Å². The first-order valence-corrected chi connectivity index (χ1v) is 14.1. The fraction of sp³-hybridized carbons (Fsp3) is 0.733. The molecule has 0 bridgehead atoms. The van der Waals surface area contributed by atoms with E-state index in [1.54, 1.807) is 12.2 Å². The maximum atomic E-state index is 13.9. The van der Waals surface area contributed by atoms with Gasteiger partial charge >= 0.3 is 12.1 Å². The first-order valence-electron chi connectivity index (χ1n) is 14.1. The summed E-state index contributed by atoms with van der Waals surface area (Å²) in [6.07, 6.45) is 7.79. The van der Waals surface area contributed by atoms with Crippen molar-refractivity contribution in [3.63, 3.8) is 0 Å². The van der Waals surface area contributed by atoms with Gasteiger partial charge in [-0.2, -0.15) is 0 Å². The summed E-state index contributed by atoms with van der Waals surface area (Å²) in [6.45, 7) is 7.55. The van der Waals surface area contributed by atoms with Crippen molar-refractivity contribution in [2.45, 2.75) is 84.3 Å². The standard InChI is InChI=1S/C30H40O8/c1-17(2)15-37-27(35)38-30(24(33)16-36-26(34)18-5-6-18)12-10-22-21-8-7-19-13-20(31)9-11-28(19,3)25(21)23(32)14-29(22,30)4/h9,11,13,17-18,21-23,25,32H,5-8,10,12,14-16H2,1-4H3/t21-,22-,23?,25+,28-,29-,30-/m0/s1. The fourth-order valence-electron chi connectivity index (χ4n) is 8.09. The van der Waals surface area contributed by atoms with E-state index < -0.39 is 47.0 Å².